The van der Waals surface area contributed by atoms with Crippen molar-refractivity contribution in [2.75, 3.05) is 13.7 Å². The zero-order valence-electron chi connectivity index (χ0n) is 20.0. The van der Waals surface area contributed by atoms with Crippen LogP contribution in [-0.4, -0.2) is 23.9 Å². The third kappa shape index (κ3) is 3.94. The zero-order valence-corrected chi connectivity index (χ0v) is 20.0. The van der Waals surface area contributed by atoms with Crippen molar-refractivity contribution < 1.29 is 13.9 Å². The molecule has 2 heterocycles. The first-order valence-electron chi connectivity index (χ1n) is 11.9. The summed E-state index contributed by atoms with van der Waals surface area (Å²) in [7, 11) is 1.55. The molecule has 0 fully saturated rings. The lowest BCUT2D eigenvalue weighted by Gasteiger charge is -2.46. The summed E-state index contributed by atoms with van der Waals surface area (Å²) in [5.41, 5.74) is 2.87. The van der Waals surface area contributed by atoms with Gasteiger partial charge in [0.05, 0.1) is 18.5 Å². The van der Waals surface area contributed by atoms with Crippen LogP contribution in [0, 0.1) is 5.92 Å². The van der Waals surface area contributed by atoms with Crippen LogP contribution in [0.15, 0.2) is 31.7 Å². The van der Waals surface area contributed by atoms with Gasteiger partial charge >= 0.3 is 5.76 Å². The number of fused-ring (bicyclic) bond motifs is 5. The normalized spacial score (nSPS) is 21.6. The highest BCUT2D eigenvalue weighted by molar-refractivity contribution is 5.86. The molecule has 2 aromatic rings. The molecular weight excluding hydrogens is 406 g/mol. The average Bonchev–Trinajstić information content (AvgIpc) is 2.72. The van der Waals surface area contributed by atoms with E-state index in [4.69, 9.17) is 13.9 Å². The van der Waals surface area contributed by atoms with Crippen molar-refractivity contribution in [1.82, 2.24) is 4.57 Å². The molecule has 1 aliphatic carbocycles. The molecule has 1 aliphatic heterocycles. The Morgan fingerprint density at radius 1 is 1.25 bits per heavy atom. The van der Waals surface area contributed by atoms with Crippen molar-refractivity contribution in [3.8, 4) is 5.75 Å². The molecule has 1 unspecified atom stereocenters. The molecule has 174 valence electrons. The lowest BCUT2D eigenvalue weighted by molar-refractivity contribution is 0.0118. The lowest BCUT2D eigenvalue weighted by atomic mass is 9.68. The Morgan fingerprint density at radius 2 is 2.03 bits per heavy atom. The van der Waals surface area contributed by atoms with Gasteiger partial charge in [-0.05, 0) is 58.1 Å². The Hall–Kier alpha value is -2.34. The van der Waals surface area contributed by atoms with Crippen molar-refractivity contribution in [1.29, 1.82) is 0 Å². The number of aromatic nitrogens is 1. The first-order valence-corrected chi connectivity index (χ1v) is 11.9. The van der Waals surface area contributed by atoms with E-state index < -0.39 is 5.76 Å². The van der Waals surface area contributed by atoms with E-state index >= 15 is 0 Å². The number of aryl methyl sites for hydroxylation is 1. The van der Waals surface area contributed by atoms with Crippen molar-refractivity contribution in [2.24, 2.45) is 5.92 Å². The van der Waals surface area contributed by atoms with Crippen molar-refractivity contribution in [3.05, 3.63) is 49.7 Å². The highest BCUT2D eigenvalue weighted by atomic mass is 16.5. The molecular formula is C26H35NO5. The molecule has 2 aliphatic rings. The van der Waals surface area contributed by atoms with Crippen LogP contribution in [-0.2, 0) is 17.7 Å². The maximum atomic E-state index is 13.5. The van der Waals surface area contributed by atoms with Crippen LogP contribution >= 0.6 is 0 Å². The molecule has 0 saturated carbocycles. The number of hydrogen-bond donors (Lipinski definition) is 0. The Morgan fingerprint density at radius 3 is 2.75 bits per heavy atom. The number of allylic oxidation sites excluding steroid dienone is 2. The highest BCUT2D eigenvalue weighted by Crippen LogP contribution is 2.52. The molecule has 0 amide bonds. The second kappa shape index (κ2) is 8.89. The van der Waals surface area contributed by atoms with Crippen LogP contribution in [0.5, 0.6) is 5.75 Å². The topological polar surface area (TPSA) is 70.7 Å². The molecule has 1 aromatic heterocycles. The number of hydrogen-bond acceptors (Lipinski definition) is 5. The Labute approximate surface area is 189 Å². The Bertz CT molecular complexity index is 1150. The molecule has 0 saturated heterocycles. The van der Waals surface area contributed by atoms with Gasteiger partial charge in [0, 0.05) is 24.5 Å². The second-order valence-corrected chi connectivity index (χ2v) is 9.82. The van der Waals surface area contributed by atoms with E-state index in [0.717, 1.165) is 60.0 Å². The van der Waals surface area contributed by atoms with E-state index in [1.165, 1.54) is 5.57 Å². The summed E-state index contributed by atoms with van der Waals surface area (Å²) < 4.78 is 18.7. The largest absolute Gasteiger partial charge is 0.487 e. The molecule has 0 radical (unpaired) electrons. The predicted octanol–water partition coefficient (Wildman–Crippen LogP) is 4.94. The summed E-state index contributed by atoms with van der Waals surface area (Å²) in [5.74, 6) is 0.435. The molecule has 0 spiro atoms. The van der Waals surface area contributed by atoms with Gasteiger partial charge in [-0.2, -0.15) is 0 Å². The number of unbranched alkanes of at least 4 members (excludes halogenated alkanes) is 2. The maximum Gasteiger partial charge on any atom is 0.422 e. The van der Waals surface area contributed by atoms with Gasteiger partial charge in [-0.25, -0.2) is 9.36 Å². The number of nitrogens with zero attached hydrogens (tertiary/aromatic N) is 1. The lowest BCUT2D eigenvalue weighted by Crippen LogP contribution is -2.45. The predicted molar refractivity (Wildman–Crippen MR) is 126 cm³/mol. The smallest absolute Gasteiger partial charge is 0.422 e. The first-order chi connectivity index (χ1) is 15.3. The Balaban J connectivity index is 2.01. The summed E-state index contributed by atoms with van der Waals surface area (Å²) in [4.78, 5) is 26.4. The fourth-order valence-corrected chi connectivity index (χ4v) is 5.43. The summed E-state index contributed by atoms with van der Waals surface area (Å²) in [5, 5.41) is 0.522. The van der Waals surface area contributed by atoms with Gasteiger partial charge in [0.15, 0.2) is 5.58 Å². The molecule has 6 nitrogen and oxygen atoms in total. The van der Waals surface area contributed by atoms with E-state index in [9.17, 15) is 9.59 Å². The zero-order chi connectivity index (χ0) is 23.0. The molecule has 6 heteroatoms. The minimum absolute atomic E-state index is 0.0621. The summed E-state index contributed by atoms with van der Waals surface area (Å²) in [6, 6.07) is 2.03. The van der Waals surface area contributed by atoms with Crippen LogP contribution in [0.4, 0.5) is 0 Å². The number of rotatable bonds is 7. The number of ether oxygens (including phenoxy) is 2. The van der Waals surface area contributed by atoms with Crippen molar-refractivity contribution in [3.63, 3.8) is 0 Å². The minimum Gasteiger partial charge on any atom is -0.487 e. The van der Waals surface area contributed by atoms with Crippen molar-refractivity contribution >= 4 is 11.0 Å². The van der Waals surface area contributed by atoms with Gasteiger partial charge in [-0.15, -0.1) is 0 Å². The van der Waals surface area contributed by atoms with Crippen LogP contribution in [0.3, 0.4) is 0 Å². The molecule has 4 rings (SSSR count). The van der Waals surface area contributed by atoms with Gasteiger partial charge in [0.25, 0.3) is 5.56 Å². The maximum absolute atomic E-state index is 13.5. The summed E-state index contributed by atoms with van der Waals surface area (Å²) in [6.45, 7) is 9.03. The number of benzene rings is 1. The van der Waals surface area contributed by atoms with Crippen LogP contribution in [0.2, 0.25) is 0 Å². The highest BCUT2D eigenvalue weighted by Gasteiger charge is 2.45. The first kappa shape index (κ1) is 22.8. The van der Waals surface area contributed by atoms with E-state index in [-0.39, 0.29) is 36.1 Å². The summed E-state index contributed by atoms with van der Waals surface area (Å²) in [6.07, 6.45) is 8.20. The third-order valence-electron chi connectivity index (χ3n) is 7.15. The fourth-order valence-electron chi connectivity index (χ4n) is 5.43. The van der Waals surface area contributed by atoms with E-state index in [2.05, 4.69) is 33.8 Å². The van der Waals surface area contributed by atoms with Gasteiger partial charge in [0.1, 0.15) is 11.4 Å². The molecule has 32 heavy (non-hydrogen) atoms. The quantitative estimate of drug-likeness (QED) is 0.449. The monoisotopic (exact) mass is 441 g/mol. The number of methoxy groups -OCH3 is 1. The molecule has 0 N–H and O–H groups in total. The Kier molecular flexibility index (Phi) is 6.35. The molecule has 1 aromatic carbocycles. The average molecular weight is 442 g/mol. The van der Waals surface area contributed by atoms with Gasteiger partial charge in [-0.1, -0.05) is 31.4 Å². The van der Waals surface area contributed by atoms with Crippen LogP contribution in [0.25, 0.3) is 11.0 Å². The van der Waals surface area contributed by atoms with Crippen LogP contribution in [0.1, 0.15) is 76.8 Å². The van der Waals surface area contributed by atoms with E-state index in [1.54, 1.807) is 7.11 Å². The van der Waals surface area contributed by atoms with Crippen LogP contribution < -0.4 is 16.1 Å². The standard InChI is InChI=1S/C26H35NO5/c1-6-7-8-9-17-15-20-22(18-14-16(2)10-11-19(18)26(3,4)32-20)23-21(17)24(28)27(12-13-30-5)25(29)31-23/h14-15,18-19H,6-13H2,1-5H3/t18?,19-/m1/s1. The summed E-state index contributed by atoms with van der Waals surface area (Å²) >= 11 is 0. The molecule has 2 atom stereocenters. The molecule has 0 bridgehead atoms. The second-order valence-electron chi connectivity index (χ2n) is 9.82. The van der Waals surface area contributed by atoms with Gasteiger partial charge < -0.3 is 13.9 Å². The van der Waals surface area contributed by atoms with E-state index in [1.807, 2.05) is 6.07 Å². The SMILES string of the molecule is CCCCCc1cc2c(c3oc(=O)n(CCOC)c(=O)c13)C1C=C(C)CC[C@H]1C(C)(C)O2. The van der Waals surface area contributed by atoms with Crippen molar-refractivity contribution in [2.45, 2.75) is 84.3 Å². The van der Waals surface area contributed by atoms with Gasteiger partial charge in [0.2, 0.25) is 0 Å². The third-order valence-corrected chi connectivity index (χ3v) is 7.15. The van der Waals surface area contributed by atoms with E-state index in [0.29, 0.717) is 11.0 Å². The minimum atomic E-state index is -0.634. The fraction of sp³-hybridized carbons (Fsp3) is 0.615. The van der Waals surface area contributed by atoms with Gasteiger partial charge in [-0.3, -0.25) is 4.79 Å².